The van der Waals surface area contributed by atoms with Gasteiger partial charge in [0.05, 0.1) is 7.11 Å². The van der Waals surface area contributed by atoms with Gasteiger partial charge < -0.3 is 14.1 Å². The van der Waals surface area contributed by atoms with E-state index < -0.39 is 0 Å². The monoisotopic (exact) mass is 356 g/mol. The fraction of sp³-hybridized carbons (Fsp3) is 0.571. The van der Waals surface area contributed by atoms with E-state index >= 15 is 0 Å². The highest BCUT2D eigenvalue weighted by Gasteiger charge is 2.24. The van der Waals surface area contributed by atoms with Gasteiger partial charge in [-0.2, -0.15) is 0 Å². The SMILES string of the molecule is COc1ccc(CN2CCCCC2)c2cc(C(=O)N3CCCCC3)oc12. The average Bonchev–Trinajstić information content (AvgIpc) is 3.15. The van der Waals surface area contributed by atoms with E-state index in [-0.39, 0.29) is 5.91 Å². The molecule has 26 heavy (non-hydrogen) atoms. The predicted molar refractivity (Wildman–Crippen MR) is 102 cm³/mol. The van der Waals surface area contributed by atoms with Crippen LogP contribution in [0.5, 0.6) is 5.75 Å². The minimum atomic E-state index is 0.00637. The Morgan fingerprint density at radius 2 is 1.73 bits per heavy atom. The van der Waals surface area contributed by atoms with Crippen LogP contribution >= 0.6 is 0 Å². The van der Waals surface area contributed by atoms with E-state index in [4.69, 9.17) is 9.15 Å². The highest BCUT2D eigenvalue weighted by molar-refractivity contribution is 5.98. The fourth-order valence-electron chi connectivity index (χ4n) is 4.17. The maximum absolute atomic E-state index is 12.9. The Labute approximate surface area is 154 Å². The molecule has 1 amide bonds. The van der Waals surface area contributed by atoms with Crippen molar-refractivity contribution in [2.75, 3.05) is 33.3 Å². The second kappa shape index (κ2) is 7.70. The van der Waals surface area contributed by atoms with Crippen molar-refractivity contribution in [3.63, 3.8) is 0 Å². The molecule has 0 bridgehead atoms. The van der Waals surface area contributed by atoms with Crippen LogP contribution in [0.2, 0.25) is 0 Å². The molecule has 140 valence electrons. The van der Waals surface area contributed by atoms with Gasteiger partial charge in [0, 0.05) is 25.0 Å². The summed E-state index contributed by atoms with van der Waals surface area (Å²) in [5.74, 6) is 1.14. The Balaban J connectivity index is 1.65. The minimum absolute atomic E-state index is 0.00637. The summed E-state index contributed by atoms with van der Waals surface area (Å²) < 4.78 is 11.5. The lowest BCUT2D eigenvalue weighted by Gasteiger charge is -2.26. The zero-order valence-electron chi connectivity index (χ0n) is 15.6. The van der Waals surface area contributed by atoms with Gasteiger partial charge in [0.1, 0.15) is 0 Å². The van der Waals surface area contributed by atoms with E-state index in [9.17, 15) is 4.79 Å². The number of carbonyl (C=O) groups excluding carboxylic acids is 1. The number of rotatable bonds is 4. The number of benzene rings is 1. The highest BCUT2D eigenvalue weighted by atomic mass is 16.5. The zero-order valence-corrected chi connectivity index (χ0v) is 15.6. The van der Waals surface area contributed by atoms with Crippen molar-refractivity contribution in [2.45, 2.75) is 45.1 Å². The number of hydrogen-bond donors (Lipinski definition) is 0. The smallest absolute Gasteiger partial charge is 0.289 e. The predicted octanol–water partition coefficient (Wildman–Crippen LogP) is 4.05. The maximum atomic E-state index is 12.9. The molecular formula is C21H28N2O3. The Hall–Kier alpha value is -2.01. The molecule has 2 fully saturated rings. The summed E-state index contributed by atoms with van der Waals surface area (Å²) in [5, 5.41) is 1.01. The normalized spacial score (nSPS) is 19.0. The standard InChI is InChI=1S/C21H28N2O3/c1-25-18-9-8-16(15-22-10-4-2-5-11-22)17-14-19(26-20(17)18)21(24)23-12-6-3-7-13-23/h8-9,14H,2-7,10-13,15H2,1H3. The summed E-state index contributed by atoms with van der Waals surface area (Å²) in [5.41, 5.74) is 1.91. The van der Waals surface area contributed by atoms with Gasteiger partial charge in [0.15, 0.2) is 17.1 Å². The van der Waals surface area contributed by atoms with Crippen LogP contribution < -0.4 is 4.74 Å². The van der Waals surface area contributed by atoms with Crippen LogP contribution in [0.3, 0.4) is 0 Å². The lowest BCUT2D eigenvalue weighted by molar-refractivity contribution is 0.0694. The number of hydrogen-bond acceptors (Lipinski definition) is 4. The minimum Gasteiger partial charge on any atom is -0.493 e. The first kappa shape index (κ1) is 17.4. The van der Waals surface area contributed by atoms with Crippen LogP contribution in [0.4, 0.5) is 0 Å². The second-order valence-corrected chi connectivity index (χ2v) is 7.47. The van der Waals surface area contributed by atoms with Crippen molar-refractivity contribution in [2.24, 2.45) is 0 Å². The molecule has 0 unspecified atom stereocenters. The number of ether oxygens (including phenoxy) is 1. The summed E-state index contributed by atoms with van der Waals surface area (Å²) in [6.07, 6.45) is 7.23. The van der Waals surface area contributed by atoms with Crippen molar-refractivity contribution in [3.05, 3.63) is 29.5 Å². The molecule has 2 aliphatic rings. The average molecular weight is 356 g/mol. The molecule has 3 heterocycles. The second-order valence-electron chi connectivity index (χ2n) is 7.47. The Bertz CT molecular complexity index is 771. The molecule has 0 spiro atoms. The molecule has 0 radical (unpaired) electrons. The fourth-order valence-corrected chi connectivity index (χ4v) is 4.17. The number of piperidine rings is 2. The number of methoxy groups -OCH3 is 1. The molecule has 0 N–H and O–H groups in total. The Morgan fingerprint density at radius 3 is 2.42 bits per heavy atom. The first-order chi connectivity index (χ1) is 12.8. The van der Waals surface area contributed by atoms with Gasteiger partial charge in [0.25, 0.3) is 5.91 Å². The third-order valence-electron chi connectivity index (χ3n) is 5.65. The number of carbonyl (C=O) groups is 1. The molecule has 2 aliphatic heterocycles. The summed E-state index contributed by atoms with van der Waals surface area (Å²) in [6, 6.07) is 5.99. The van der Waals surface area contributed by atoms with E-state index in [1.165, 1.54) is 31.2 Å². The maximum Gasteiger partial charge on any atom is 0.289 e. The molecule has 1 aromatic carbocycles. The quantitative estimate of drug-likeness (QED) is 0.829. The summed E-state index contributed by atoms with van der Waals surface area (Å²) in [4.78, 5) is 17.3. The first-order valence-electron chi connectivity index (χ1n) is 9.87. The molecule has 1 aromatic heterocycles. The lowest BCUT2D eigenvalue weighted by Crippen LogP contribution is -2.35. The van der Waals surface area contributed by atoms with Crippen LogP contribution in [-0.4, -0.2) is 49.0 Å². The molecule has 0 saturated carbocycles. The number of furan rings is 1. The summed E-state index contributed by atoms with van der Waals surface area (Å²) >= 11 is 0. The van der Waals surface area contributed by atoms with E-state index in [2.05, 4.69) is 11.0 Å². The van der Waals surface area contributed by atoms with E-state index in [0.717, 1.165) is 51.0 Å². The van der Waals surface area contributed by atoms with Gasteiger partial charge >= 0.3 is 0 Å². The van der Waals surface area contributed by atoms with Crippen molar-refractivity contribution in [1.82, 2.24) is 9.80 Å². The molecule has 4 rings (SSSR count). The summed E-state index contributed by atoms with van der Waals surface area (Å²) in [6.45, 7) is 4.84. The number of amides is 1. The molecular weight excluding hydrogens is 328 g/mol. The van der Waals surface area contributed by atoms with Crippen LogP contribution in [0.25, 0.3) is 11.0 Å². The van der Waals surface area contributed by atoms with Crippen molar-refractivity contribution >= 4 is 16.9 Å². The molecule has 5 nitrogen and oxygen atoms in total. The molecule has 5 heteroatoms. The molecule has 0 aliphatic carbocycles. The van der Waals surface area contributed by atoms with Crippen LogP contribution in [-0.2, 0) is 6.54 Å². The van der Waals surface area contributed by atoms with Crippen LogP contribution in [0.1, 0.15) is 54.6 Å². The van der Waals surface area contributed by atoms with Gasteiger partial charge in [-0.15, -0.1) is 0 Å². The van der Waals surface area contributed by atoms with Crippen molar-refractivity contribution in [1.29, 1.82) is 0 Å². The van der Waals surface area contributed by atoms with E-state index in [0.29, 0.717) is 17.1 Å². The number of likely N-dealkylation sites (tertiary alicyclic amines) is 2. The van der Waals surface area contributed by atoms with Crippen molar-refractivity contribution < 1.29 is 13.9 Å². The van der Waals surface area contributed by atoms with Gasteiger partial charge in [-0.05, 0) is 62.9 Å². The topological polar surface area (TPSA) is 45.9 Å². The van der Waals surface area contributed by atoms with Gasteiger partial charge in [0.2, 0.25) is 0 Å². The zero-order chi connectivity index (χ0) is 17.9. The molecule has 2 aromatic rings. The highest BCUT2D eigenvalue weighted by Crippen LogP contribution is 2.33. The third kappa shape index (κ3) is 3.45. The van der Waals surface area contributed by atoms with Crippen molar-refractivity contribution in [3.8, 4) is 5.75 Å². The summed E-state index contributed by atoms with van der Waals surface area (Å²) in [7, 11) is 1.65. The van der Waals surface area contributed by atoms with Crippen LogP contribution in [0, 0.1) is 0 Å². The largest absolute Gasteiger partial charge is 0.493 e. The number of fused-ring (bicyclic) bond motifs is 1. The third-order valence-corrected chi connectivity index (χ3v) is 5.65. The van der Waals surface area contributed by atoms with E-state index in [1.54, 1.807) is 7.11 Å². The molecule has 0 atom stereocenters. The Kier molecular flexibility index (Phi) is 5.16. The first-order valence-corrected chi connectivity index (χ1v) is 9.87. The Morgan fingerprint density at radius 1 is 1.04 bits per heavy atom. The van der Waals surface area contributed by atoms with Gasteiger partial charge in [-0.3, -0.25) is 9.69 Å². The number of nitrogens with zero attached hydrogens (tertiary/aromatic N) is 2. The van der Waals surface area contributed by atoms with Gasteiger partial charge in [-0.25, -0.2) is 0 Å². The lowest BCUT2D eigenvalue weighted by atomic mass is 10.1. The van der Waals surface area contributed by atoms with E-state index in [1.807, 2.05) is 17.0 Å². The molecule has 2 saturated heterocycles. The van der Waals surface area contributed by atoms with Crippen LogP contribution in [0.15, 0.2) is 22.6 Å². The van der Waals surface area contributed by atoms with Gasteiger partial charge in [-0.1, -0.05) is 12.5 Å².